The fourth-order valence-electron chi connectivity index (χ4n) is 1.16. The summed E-state index contributed by atoms with van der Waals surface area (Å²) in [6, 6.07) is 4.91. The number of nitrogens with two attached hydrogens (primary N) is 1. The molecule has 1 amide bonds. The molecule has 0 atom stereocenters. The van der Waals surface area contributed by atoms with Gasteiger partial charge in [-0.15, -0.1) is 0 Å². The molecule has 0 saturated carbocycles. The Balaban J connectivity index is 2.98. The van der Waals surface area contributed by atoms with E-state index in [0.717, 1.165) is 5.57 Å². The number of carbonyl (C=O) groups is 1. The molecule has 0 aliphatic heterocycles. The SMILES string of the molecule is C=C(C)COc1ccc(OC)cc1C(N)=O. The van der Waals surface area contributed by atoms with Gasteiger partial charge < -0.3 is 15.2 Å². The highest BCUT2D eigenvalue weighted by atomic mass is 16.5. The molecular formula is C12H15NO3. The van der Waals surface area contributed by atoms with Gasteiger partial charge in [-0.3, -0.25) is 4.79 Å². The minimum absolute atomic E-state index is 0.306. The van der Waals surface area contributed by atoms with Gasteiger partial charge in [-0.25, -0.2) is 0 Å². The van der Waals surface area contributed by atoms with Gasteiger partial charge in [0.1, 0.15) is 18.1 Å². The Morgan fingerprint density at radius 2 is 2.19 bits per heavy atom. The van der Waals surface area contributed by atoms with Crippen molar-refractivity contribution >= 4 is 5.91 Å². The van der Waals surface area contributed by atoms with Crippen LogP contribution >= 0.6 is 0 Å². The van der Waals surface area contributed by atoms with E-state index in [0.29, 0.717) is 23.7 Å². The van der Waals surface area contributed by atoms with Crippen molar-refractivity contribution in [2.45, 2.75) is 6.92 Å². The lowest BCUT2D eigenvalue weighted by atomic mass is 10.2. The van der Waals surface area contributed by atoms with Crippen LogP contribution in [0.3, 0.4) is 0 Å². The molecule has 0 radical (unpaired) electrons. The number of rotatable bonds is 5. The van der Waals surface area contributed by atoms with E-state index in [4.69, 9.17) is 15.2 Å². The fourth-order valence-corrected chi connectivity index (χ4v) is 1.16. The van der Waals surface area contributed by atoms with Crippen molar-refractivity contribution < 1.29 is 14.3 Å². The van der Waals surface area contributed by atoms with Crippen molar-refractivity contribution in [3.05, 3.63) is 35.9 Å². The van der Waals surface area contributed by atoms with E-state index in [1.807, 2.05) is 6.92 Å². The van der Waals surface area contributed by atoms with Crippen LogP contribution in [0.25, 0.3) is 0 Å². The van der Waals surface area contributed by atoms with Gasteiger partial charge in [0, 0.05) is 0 Å². The van der Waals surface area contributed by atoms with Crippen LogP contribution in [-0.4, -0.2) is 19.6 Å². The van der Waals surface area contributed by atoms with Gasteiger partial charge >= 0.3 is 0 Å². The Bertz CT molecular complexity index is 413. The summed E-state index contributed by atoms with van der Waals surface area (Å²) >= 11 is 0. The number of methoxy groups -OCH3 is 1. The zero-order valence-electron chi connectivity index (χ0n) is 9.45. The molecule has 1 aromatic carbocycles. The van der Waals surface area contributed by atoms with Crippen molar-refractivity contribution in [1.82, 2.24) is 0 Å². The van der Waals surface area contributed by atoms with Gasteiger partial charge in [0.15, 0.2) is 0 Å². The topological polar surface area (TPSA) is 61.6 Å². The van der Waals surface area contributed by atoms with E-state index in [1.165, 1.54) is 7.11 Å². The molecule has 0 aliphatic carbocycles. The molecule has 16 heavy (non-hydrogen) atoms. The molecule has 1 aromatic rings. The highest BCUT2D eigenvalue weighted by Gasteiger charge is 2.10. The van der Waals surface area contributed by atoms with Gasteiger partial charge in [-0.1, -0.05) is 6.58 Å². The lowest BCUT2D eigenvalue weighted by molar-refractivity contribution is 0.0996. The molecule has 2 N–H and O–H groups in total. The first-order valence-corrected chi connectivity index (χ1v) is 4.79. The number of hydrogen-bond donors (Lipinski definition) is 1. The third-order valence-electron chi connectivity index (χ3n) is 1.93. The molecule has 1 rings (SSSR count). The quantitative estimate of drug-likeness (QED) is 0.770. The van der Waals surface area contributed by atoms with Crippen molar-refractivity contribution in [3.63, 3.8) is 0 Å². The van der Waals surface area contributed by atoms with E-state index in [-0.39, 0.29) is 0 Å². The average Bonchev–Trinajstić information content (AvgIpc) is 2.25. The number of amides is 1. The van der Waals surface area contributed by atoms with E-state index in [2.05, 4.69) is 6.58 Å². The maximum absolute atomic E-state index is 11.2. The van der Waals surface area contributed by atoms with E-state index >= 15 is 0 Å². The average molecular weight is 221 g/mol. The maximum Gasteiger partial charge on any atom is 0.252 e. The number of benzene rings is 1. The second-order valence-corrected chi connectivity index (χ2v) is 3.47. The summed E-state index contributed by atoms with van der Waals surface area (Å²) < 4.78 is 10.4. The van der Waals surface area contributed by atoms with Crippen LogP contribution in [0.15, 0.2) is 30.4 Å². The number of hydrogen-bond acceptors (Lipinski definition) is 3. The Kier molecular flexibility index (Phi) is 3.94. The third kappa shape index (κ3) is 3.02. The third-order valence-corrected chi connectivity index (χ3v) is 1.93. The summed E-state index contributed by atoms with van der Waals surface area (Å²) in [7, 11) is 1.52. The number of carbonyl (C=O) groups excluding carboxylic acids is 1. The van der Waals surface area contributed by atoms with E-state index in [9.17, 15) is 4.79 Å². The Hall–Kier alpha value is -1.97. The van der Waals surface area contributed by atoms with Crippen molar-refractivity contribution in [2.75, 3.05) is 13.7 Å². The molecule has 0 saturated heterocycles. The Morgan fingerprint density at radius 3 is 2.69 bits per heavy atom. The molecule has 0 fully saturated rings. The van der Waals surface area contributed by atoms with E-state index in [1.54, 1.807) is 18.2 Å². The van der Waals surface area contributed by atoms with Crippen molar-refractivity contribution in [1.29, 1.82) is 0 Å². The van der Waals surface area contributed by atoms with Gasteiger partial charge in [-0.05, 0) is 30.7 Å². The molecule has 0 aliphatic rings. The smallest absolute Gasteiger partial charge is 0.252 e. The summed E-state index contributed by atoms with van der Waals surface area (Å²) in [5.74, 6) is 0.461. The molecule has 0 spiro atoms. The number of primary amides is 1. The molecule has 4 heteroatoms. The first-order chi connectivity index (χ1) is 7.54. The molecule has 4 nitrogen and oxygen atoms in total. The van der Waals surface area contributed by atoms with Crippen molar-refractivity contribution in [3.8, 4) is 11.5 Å². The van der Waals surface area contributed by atoms with Gasteiger partial charge in [0.25, 0.3) is 5.91 Å². The second-order valence-electron chi connectivity index (χ2n) is 3.47. The summed E-state index contributed by atoms with van der Waals surface area (Å²) in [4.78, 5) is 11.2. The van der Waals surface area contributed by atoms with Crippen LogP contribution < -0.4 is 15.2 Å². The first kappa shape index (κ1) is 12.1. The minimum atomic E-state index is -0.546. The largest absolute Gasteiger partial charge is 0.497 e. The molecule has 0 unspecified atom stereocenters. The molecule has 86 valence electrons. The molecule has 0 aromatic heterocycles. The van der Waals surface area contributed by atoms with Crippen molar-refractivity contribution in [2.24, 2.45) is 5.73 Å². The van der Waals surface area contributed by atoms with E-state index < -0.39 is 5.91 Å². The predicted octanol–water partition coefficient (Wildman–Crippen LogP) is 1.75. The van der Waals surface area contributed by atoms with Gasteiger partial charge in [-0.2, -0.15) is 0 Å². The molecule has 0 bridgehead atoms. The summed E-state index contributed by atoms with van der Waals surface area (Å²) in [5, 5.41) is 0. The molecular weight excluding hydrogens is 206 g/mol. The van der Waals surface area contributed by atoms with Gasteiger partial charge in [0.2, 0.25) is 0 Å². The van der Waals surface area contributed by atoms with Crippen LogP contribution in [0.1, 0.15) is 17.3 Å². The zero-order valence-corrected chi connectivity index (χ0v) is 9.45. The fraction of sp³-hybridized carbons (Fsp3) is 0.250. The highest BCUT2D eigenvalue weighted by molar-refractivity contribution is 5.96. The summed E-state index contributed by atoms with van der Waals surface area (Å²) in [6.45, 7) is 5.91. The zero-order chi connectivity index (χ0) is 12.1. The lowest BCUT2D eigenvalue weighted by Gasteiger charge is -2.10. The summed E-state index contributed by atoms with van der Waals surface area (Å²) in [5.41, 5.74) is 6.42. The van der Waals surface area contributed by atoms with Crippen LogP contribution in [0.4, 0.5) is 0 Å². The lowest BCUT2D eigenvalue weighted by Crippen LogP contribution is -2.13. The molecule has 0 heterocycles. The Morgan fingerprint density at radius 1 is 1.50 bits per heavy atom. The van der Waals surface area contributed by atoms with Crippen LogP contribution in [0, 0.1) is 0 Å². The first-order valence-electron chi connectivity index (χ1n) is 4.79. The standard InChI is InChI=1S/C12H15NO3/c1-8(2)7-16-11-5-4-9(15-3)6-10(11)12(13)14/h4-6H,1,7H2,2-3H3,(H2,13,14). The van der Waals surface area contributed by atoms with Crippen LogP contribution in [0.5, 0.6) is 11.5 Å². The number of ether oxygens (including phenoxy) is 2. The highest BCUT2D eigenvalue weighted by Crippen LogP contribution is 2.24. The monoisotopic (exact) mass is 221 g/mol. The van der Waals surface area contributed by atoms with Gasteiger partial charge in [0.05, 0.1) is 12.7 Å². The van der Waals surface area contributed by atoms with Crippen LogP contribution in [0.2, 0.25) is 0 Å². The maximum atomic E-state index is 11.2. The minimum Gasteiger partial charge on any atom is -0.497 e. The van der Waals surface area contributed by atoms with Crippen LogP contribution in [-0.2, 0) is 0 Å². The normalized spacial score (nSPS) is 9.62. The summed E-state index contributed by atoms with van der Waals surface area (Å²) in [6.07, 6.45) is 0. The second kappa shape index (κ2) is 5.21. The Labute approximate surface area is 94.7 Å². The predicted molar refractivity (Wildman–Crippen MR) is 61.8 cm³/mol.